The Bertz CT molecular complexity index is 995. The first-order valence-corrected chi connectivity index (χ1v) is 11.5. The molecule has 2 aliphatic rings. The zero-order valence-corrected chi connectivity index (χ0v) is 18.6. The fraction of sp³-hybridized carbons (Fsp3) is 0.476. The minimum atomic E-state index is -3.84. The fourth-order valence-electron chi connectivity index (χ4n) is 3.68. The van der Waals surface area contributed by atoms with Crippen molar-refractivity contribution in [3.05, 3.63) is 58.7 Å². The number of nitrogens with zero attached hydrogens (tertiary/aromatic N) is 3. The van der Waals surface area contributed by atoms with Gasteiger partial charge in [0, 0.05) is 43.7 Å². The van der Waals surface area contributed by atoms with E-state index in [0.29, 0.717) is 13.0 Å². The molecule has 1 aromatic rings. The maximum Gasteiger partial charge on any atom is 0.410 e. The van der Waals surface area contributed by atoms with Gasteiger partial charge in [-0.3, -0.25) is 10.1 Å². The maximum atomic E-state index is 13.1. The predicted octanol–water partition coefficient (Wildman–Crippen LogP) is 3.34. The molecule has 10 heteroatoms. The van der Waals surface area contributed by atoms with Crippen LogP contribution in [0.15, 0.2) is 53.5 Å². The molecule has 0 bridgehead atoms. The van der Waals surface area contributed by atoms with Crippen LogP contribution in [0.5, 0.6) is 0 Å². The first-order valence-electron chi connectivity index (χ1n) is 10.0. The van der Waals surface area contributed by atoms with Crippen LogP contribution in [-0.2, 0) is 14.8 Å². The largest absolute Gasteiger partial charge is 0.444 e. The zero-order valence-electron chi connectivity index (χ0n) is 17.8. The Balaban J connectivity index is 1.79. The number of carbonyl (C=O) groups excluding carboxylic acids is 1. The van der Waals surface area contributed by atoms with Crippen molar-refractivity contribution in [2.75, 3.05) is 19.6 Å². The fourth-order valence-corrected chi connectivity index (χ4v) is 5.11. The van der Waals surface area contributed by atoms with Crippen LogP contribution in [0.25, 0.3) is 0 Å². The van der Waals surface area contributed by atoms with Crippen molar-refractivity contribution in [2.24, 2.45) is 5.92 Å². The van der Waals surface area contributed by atoms with Gasteiger partial charge in [-0.05, 0) is 39.3 Å². The predicted molar refractivity (Wildman–Crippen MR) is 115 cm³/mol. The van der Waals surface area contributed by atoms with Crippen LogP contribution in [-0.4, -0.2) is 59.9 Å². The molecule has 2 aliphatic heterocycles. The third-order valence-corrected chi connectivity index (χ3v) is 7.01. The summed E-state index contributed by atoms with van der Waals surface area (Å²) in [7, 11) is -3.84. The van der Waals surface area contributed by atoms with Crippen molar-refractivity contribution in [3.63, 3.8) is 0 Å². The number of nitro groups is 1. The van der Waals surface area contributed by atoms with Gasteiger partial charge in [-0.2, -0.15) is 4.31 Å². The molecule has 0 spiro atoms. The van der Waals surface area contributed by atoms with E-state index in [1.807, 2.05) is 18.2 Å². The molecular weight excluding hydrogens is 422 g/mol. The number of amides is 1. The minimum Gasteiger partial charge on any atom is -0.444 e. The van der Waals surface area contributed by atoms with Crippen molar-refractivity contribution in [1.29, 1.82) is 0 Å². The summed E-state index contributed by atoms with van der Waals surface area (Å²) < 4.78 is 33.1. The van der Waals surface area contributed by atoms with Crippen molar-refractivity contribution in [1.82, 2.24) is 9.21 Å². The molecule has 1 amide bonds. The average molecular weight is 450 g/mol. The van der Waals surface area contributed by atoms with Gasteiger partial charge in [-0.1, -0.05) is 24.3 Å². The van der Waals surface area contributed by atoms with E-state index < -0.39 is 26.6 Å². The smallest absolute Gasteiger partial charge is 0.410 e. The number of ether oxygens (including phenoxy) is 1. The number of sulfonamides is 1. The van der Waals surface area contributed by atoms with Crippen LogP contribution in [0.4, 0.5) is 10.5 Å². The normalized spacial score (nSPS) is 22.4. The molecule has 3 rings (SSSR count). The first kappa shape index (κ1) is 23.0. The molecule has 0 unspecified atom stereocenters. The number of nitro benzene ring substituents is 1. The molecule has 0 N–H and O–H groups in total. The number of non-ortho nitro benzene ring substituents is 1. The molecule has 0 radical (unpaired) electrons. The van der Waals surface area contributed by atoms with E-state index in [1.54, 1.807) is 31.7 Å². The molecule has 1 aromatic carbocycles. The van der Waals surface area contributed by atoms with Gasteiger partial charge in [0.15, 0.2) is 0 Å². The number of hydrogen-bond acceptors (Lipinski definition) is 6. The topological polar surface area (TPSA) is 110 Å². The summed E-state index contributed by atoms with van der Waals surface area (Å²) in [5.74, 6) is -0.209. The third kappa shape index (κ3) is 5.31. The van der Waals surface area contributed by atoms with Gasteiger partial charge in [0.05, 0.1) is 9.82 Å². The Morgan fingerprint density at radius 2 is 1.81 bits per heavy atom. The van der Waals surface area contributed by atoms with Gasteiger partial charge in [0.2, 0.25) is 10.0 Å². The van der Waals surface area contributed by atoms with Gasteiger partial charge in [0.1, 0.15) is 5.60 Å². The molecule has 31 heavy (non-hydrogen) atoms. The van der Waals surface area contributed by atoms with Crippen LogP contribution in [0, 0.1) is 16.0 Å². The second kappa shape index (κ2) is 8.80. The summed E-state index contributed by atoms with van der Waals surface area (Å²) in [5, 5.41) is 10.8. The molecule has 0 aromatic heterocycles. The van der Waals surface area contributed by atoms with Gasteiger partial charge in [0.25, 0.3) is 5.69 Å². The number of hydrogen-bond donors (Lipinski definition) is 0. The Morgan fingerprint density at radius 1 is 1.13 bits per heavy atom. The van der Waals surface area contributed by atoms with Gasteiger partial charge >= 0.3 is 6.09 Å². The lowest BCUT2D eigenvalue weighted by molar-refractivity contribution is -0.384. The van der Waals surface area contributed by atoms with E-state index in [9.17, 15) is 23.3 Å². The molecule has 2 atom stereocenters. The van der Waals surface area contributed by atoms with Gasteiger partial charge in [-0.15, -0.1) is 0 Å². The van der Waals surface area contributed by atoms with E-state index in [4.69, 9.17) is 4.74 Å². The lowest BCUT2D eigenvalue weighted by Gasteiger charge is -2.40. The van der Waals surface area contributed by atoms with E-state index in [1.165, 1.54) is 28.6 Å². The van der Waals surface area contributed by atoms with Crippen molar-refractivity contribution < 1.29 is 22.9 Å². The summed E-state index contributed by atoms with van der Waals surface area (Å²) in [6.07, 6.45) is 7.79. The van der Waals surface area contributed by atoms with E-state index in [2.05, 4.69) is 0 Å². The Labute approximate surface area is 182 Å². The summed E-state index contributed by atoms with van der Waals surface area (Å²) in [6.45, 7) is 6.22. The quantitative estimate of drug-likeness (QED) is 0.396. The van der Waals surface area contributed by atoms with Crippen LogP contribution < -0.4 is 0 Å². The molecular formula is C21H27N3O6S. The first-order chi connectivity index (χ1) is 14.5. The van der Waals surface area contributed by atoms with Crippen LogP contribution in [0.1, 0.15) is 27.2 Å². The summed E-state index contributed by atoms with van der Waals surface area (Å²) in [4.78, 5) is 24.6. The summed E-state index contributed by atoms with van der Waals surface area (Å²) in [5.41, 5.74) is -0.798. The van der Waals surface area contributed by atoms with Crippen LogP contribution in [0.2, 0.25) is 0 Å². The minimum absolute atomic E-state index is 0.000289. The highest BCUT2D eigenvalue weighted by Gasteiger charge is 2.37. The van der Waals surface area contributed by atoms with E-state index in [-0.39, 0.29) is 35.6 Å². The SMILES string of the molecule is CC(C)(C)OC(=O)N1CC=CC[C@@H]1[C@H]1C=CCN(S(=O)(=O)c2ccc([N+](=O)[O-])cc2)C1. The Morgan fingerprint density at radius 3 is 2.42 bits per heavy atom. The Hall–Kier alpha value is -2.72. The number of rotatable bonds is 4. The van der Waals surface area contributed by atoms with E-state index in [0.717, 1.165) is 0 Å². The van der Waals surface area contributed by atoms with Gasteiger partial charge in [-0.25, -0.2) is 13.2 Å². The lowest BCUT2D eigenvalue weighted by Crippen LogP contribution is -2.51. The monoisotopic (exact) mass is 449 g/mol. The molecule has 0 saturated carbocycles. The van der Waals surface area contributed by atoms with Crippen molar-refractivity contribution >= 4 is 21.8 Å². The summed E-state index contributed by atoms with van der Waals surface area (Å²) >= 11 is 0. The molecule has 168 valence electrons. The summed E-state index contributed by atoms with van der Waals surface area (Å²) in [6, 6.07) is 4.63. The second-order valence-corrected chi connectivity index (χ2v) is 10.5. The highest BCUT2D eigenvalue weighted by molar-refractivity contribution is 7.89. The molecule has 2 heterocycles. The van der Waals surface area contributed by atoms with Crippen molar-refractivity contribution in [3.8, 4) is 0 Å². The lowest BCUT2D eigenvalue weighted by atomic mass is 9.91. The molecule has 0 aliphatic carbocycles. The van der Waals surface area contributed by atoms with Crippen LogP contribution >= 0.6 is 0 Å². The molecule has 0 fully saturated rings. The zero-order chi connectivity index (χ0) is 22.8. The van der Waals surface area contributed by atoms with Crippen LogP contribution in [0.3, 0.4) is 0 Å². The second-order valence-electron chi connectivity index (χ2n) is 8.57. The number of benzene rings is 1. The average Bonchev–Trinajstić information content (AvgIpc) is 2.72. The van der Waals surface area contributed by atoms with Gasteiger partial charge < -0.3 is 9.64 Å². The number of carbonyl (C=O) groups is 1. The highest BCUT2D eigenvalue weighted by atomic mass is 32.2. The third-order valence-electron chi connectivity index (χ3n) is 5.16. The molecule has 9 nitrogen and oxygen atoms in total. The van der Waals surface area contributed by atoms with E-state index >= 15 is 0 Å². The molecule has 0 saturated heterocycles. The standard InChI is InChI=1S/C21H27N3O6S/c1-21(2,3)30-20(25)23-14-5-4-8-19(23)16-7-6-13-22(15-16)31(28,29)18-11-9-17(10-12-18)24(26)27/h4-7,9-12,16,19H,8,13-15H2,1-3H3/t16-,19+/m0/s1. The Kier molecular flexibility index (Phi) is 6.51. The highest BCUT2D eigenvalue weighted by Crippen LogP contribution is 2.29. The maximum absolute atomic E-state index is 13.1. The van der Waals surface area contributed by atoms with Crippen molar-refractivity contribution in [2.45, 2.75) is 43.7 Å².